The lowest BCUT2D eigenvalue weighted by Gasteiger charge is -2.18. The number of benzene rings is 1. The van der Waals surface area contributed by atoms with Crippen molar-refractivity contribution in [1.29, 1.82) is 0 Å². The van der Waals surface area contributed by atoms with Crippen molar-refractivity contribution in [1.82, 2.24) is 4.72 Å². The highest BCUT2D eigenvalue weighted by molar-refractivity contribution is 7.89. The third kappa shape index (κ3) is 4.49. The molecule has 1 unspecified atom stereocenters. The molecule has 0 aliphatic carbocycles. The monoisotopic (exact) mass is 286 g/mol. The van der Waals surface area contributed by atoms with Crippen molar-refractivity contribution in [2.75, 3.05) is 18.4 Å². The molecule has 0 bridgehead atoms. The number of aliphatic hydroxyl groups is 1. The molecular formula is C13H22N2O3S. The van der Waals surface area contributed by atoms with E-state index in [0.717, 1.165) is 0 Å². The van der Waals surface area contributed by atoms with Crippen LogP contribution in [-0.2, 0) is 10.0 Å². The van der Waals surface area contributed by atoms with Gasteiger partial charge >= 0.3 is 0 Å². The molecule has 0 amide bonds. The fraction of sp³-hybridized carbons (Fsp3) is 0.538. The van der Waals surface area contributed by atoms with Gasteiger partial charge in [-0.25, -0.2) is 13.1 Å². The second-order valence-electron chi connectivity index (χ2n) is 4.69. The van der Waals surface area contributed by atoms with E-state index in [9.17, 15) is 13.5 Å². The summed E-state index contributed by atoms with van der Waals surface area (Å²) in [5, 5.41) is 12.7. The molecule has 0 aromatic heterocycles. The van der Waals surface area contributed by atoms with Crippen LogP contribution in [0, 0.1) is 5.92 Å². The highest BCUT2D eigenvalue weighted by Gasteiger charge is 2.17. The highest BCUT2D eigenvalue weighted by Crippen LogP contribution is 2.20. The molecule has 6 heteroatoms. The van der Waals surface area contributed by atoms with E-state index in [0.29, 0.717) is 18.8 Å². The zero-order valence-electron chi connectivity index (χ0n) is 11.6. The van der Waals surface area contributed by atoms with E-state index in [1.54, 1.807) is 31.2 Å². The standard InChI is InChI=1S/C13H22N2O3S/c1-4-15-19(17,18)13-8-6-5-7-11(13)14-9-12(16)10(2)3/h5-8,10,12,14-16H,4,9H2,1-3H3. The van der Waals surface area contributed by atoms with E-state index < -0.39 is 16.1 Å². The highest BCUT2D eigenvalue weighted by atomic mass is 32.2. The van der Waals surface area contributed by atoms with Gasteiger partial charge in [-0.3, -0.25) is 0 Å². The molecule has 0 aliphatic rings. The average Bonchev–Trinajstić information content (AvgIpc) is 2.36. The van der Waals surface area contributed by atoms with Crippen molar-refractivity contribution in [2.45, 2.75) is 31.8 Å². The molecule has 0 radical (unpaired) electrons. The van der Waals surface area contributed by atoms with Crippen molar-refractivity contribution >= 4 is 15.7 Å². The molecule has 1 atom stereocenters. The third-order valence-corrected chi connectivity index (χ3v) is 4.39. The maximum absolute atomic E-state index is 12.0. The van der Waals surface area contributed by atoms with Gasteiger partial charge in [0.1, 0.15) is 4.90 Å². The van der Waals surface area contributed by atoms with Crippen molar-refractivity contribution in [3.05, 3.63) is 24.3 Å². The van der Waals surface area contributed by atoms with E-state index in [2.05, 4.69) is 10.0 Å². The van der Waals surface area contributed by atoms with Gasteiger partial charge < -0.3 is 10.4 Å². The lowest BCUT2D eigenvalue weighted by Crippen LogP contribution is -2.27. The molecule has 0 fully saturated rings. The zero-order valence-corrected chi connectivity index (χ0v) is 12.4. The Bertz CT molecular complexity index is 500. The van der Waals surface area contributed by atoms with E-state index in [1.165, 1.54) is 0 Å². The number of sulfonamides is 1. The molecule has 0 heterocycles. The Labute approximate surface area is 115 Å². The second kappa shape index (κ2) is 6.88. The third-order valence-electron chi connectivity index (χ3n) is 2.78. The fourth-order valence-corrected chi connectivity index (χ4v) is 2.79. The second-order valence-corrected chi connectivity index (χ2v) is 6.43. The van der Waals surface area contributed by atoms with Crippen LogP contribution in [0.4, 0.5) is 5.69 Å². The van der Waals surface area contributed by atoms with Crippen molar-refractivity contribution < 1.29 is 13.5 Å². The quantitative estimate of drug-likeness (QED) is 0.708. The molecule has 0 saturated carbocycles. The first-order chi connectivity index (χ1) is 8.88. The number of aliphatic hydroxyl groups excluding tert-OH is 1. The minimum atomic E-state index is -3.50. The van der Waals surface area contributed by atoms with E-state index >= 15 is 0 Å². The van der Waals surface area contributed by atoms with Gasteiger partial charge in [0.25, 0.3) is 0 Å². The van der Waals surface area contributed by atoms with Crippen molar-refractivity contribution in [3.8, 4) is 0 Å². The van der Waals surface area contributed by atoms with Crippen LogP contribution in [0.1, 0.15) is 20.8 Å². The maximum atomic E-state index is 12.0. The maximum Gasteiger partial charge on any atom is 0.242 e. The van der Waals surface area contributed by atoms with Gasteiger partial charge in [0.15, 0.2) is 0 Å². The van der Waals surface area contributed by atoms with E-state index in [-0.39, 0.29) is 10.8 Å². The van der Waals surface area contributed by atoms with Gasteiger partial charge in [-0.2, -0.15) is 0 Å². The minimum absolute atomic E-state index is 0.116. The van der Waals surface area contributed by atoms with Crippen molar-refractivity contribution in [2.24, 2.45) is 5.92 Å². The number of hydrogen-bond donors (Lipinski definition) is 3. The predicted octanol–water partition coefficient (Wildman–Crippen LogP) is 1.41. The summed E-state index contributed by atoms with van der Waals surface area (Å²) >= 11 is 0. The topological polar surface area (TPSA) is 78.4 Å². The fourth-order valence-electron chi connectivity index (χ4n) is 1.57. The zero-order chi connectivity index (χ0) is 14.5. The SMILES string of the molecule is CCNS(=O)(=O)c1ccccc1NCC(O)C(C)C. The Hall–Kier alpha value is -1.11. The van der Waals surface area contributed by atoms with Gasteiger partial charge in [-0.1, -0.05) is 32.9 Å². The first kappa shape index (κ1) is 15.9. The Kier molecular flexibility index (Phi) is 5.78. The molecule has 1 aromatic rings. The molecule has 1 rings (SSSR count). The van der Waals surface area contributed by atoms with E-state index in [1.807, 2.05) is 13.8 Å². The number of para-hydroxylation sites is 1. The van der Waals surface area contributed by atoms with Crippen LogP contribution in [-0.4, -0.2) is 32.7 Å². The lowest BCUT2D eigenvalue weighted by atomic mass is 10.1. The summed E-state index contributed by atoms with van der Waals surface area (Å²) < 4.78 is 26.5. The molecular weight excluding hydrogens is 264 g/mol. The summed E-state index contributed by atoms with van der Waals surface area (Å²) in [7, 11) is -3.50. The van der Waals surface area contributed by atoms with Crippen LogP contribution < -0.4 is 10.0 Å². The van der Waals surface area contributed by atoms with Gasteiger partial charge in [-0.15, -0.1) is 0 Å². The minimum Gasteiger partial charge on any atom is -0.391 e. The number of rotatable bonds is 7. The molecule has 3 N–H and O–H groups in total. The van der Waals surface area contributed by atoms with E-state index in [4.69, 9.17) is 0 Å². The summed E-state index contributed by atoms with van der Waals surface area (Å²) in [6.07, 6.45) is -0.519. The summed E-state index contributed by atoms with van der Waals surface area (Å²) in [6.45, 7) is 6.21. The number of hydrogen-bond acceptors (Lipinski definition) is 4. The number of anilines is 1. The summed E-state index contributed by atoms with van der Waals surface area (Å²) in [5.41, 5.74) is 0.503. The van der Waals surface area contributed by atoms with Gasteiger partial charge in [0.05, 0.1) is 11.8 Å². The van der Waals surface area contributed by atoms with Gasteiger partial charge in [-0.05, 0) is 18.1 Å². The van der Waals surface area contributed by atoms with Gasteiger partial charge in [0, 0.05) is 13.1 Å². The summed E-state index contributed by atoms with van der Waals surface area (Å²) in [4.78, 5) is 0.202. The largest absolute Gasteiger partial charge is 0.391 e. The Balaban J connectivity index is 2.91. The van der Waals surface area contributed by atoms with Crippen LogP contribution in [0.3, 0.4) is 0 Å². The first-order valence-corrected chi connectivity index (χ1v) is 7.87. The van der Waals surface area contributed by atoms with Gasteiger partial charge in [0.2, 0.25) is 10.0 Å². The Morgan fingerprint density at radius 3 is 2.47 bits per heavy atom. The summed E-state index contributed by atoms with van der Waals surface area (Å²) in [6, 6.07) is 6.67. The lowest BCUT2D eigenvalue weighted by molar-refractivity contribution is 0.138. The average molecular weight is 286 g/mol. The van der Waals surface area contributed by atoms with Crippen LogP contribution in [0.25, 0.3) is 0 Å². The molecule has 108 valence electrons. The molecule has 5 nitrogen and oxygen atoms in total. The molecule has 0 aliphatic heterocycles. The van der Waals surface area contributed by atoms with Crippen LogP contribution >= 0.6 is 0 Å². The Morgan fingerprint density at radius 2 is 1.89 bits per heavy atom. The van der Waals surface area contributed by atoms with Crippen LogP contribution in [0.2, 0.25) is 0 Å². The Morgan fingerprint density at radius 1 is 1.26 bits per heavy atom. The first-order valence-electron chi connectivity index (χ1n) is 6.39. The molecule has 0 spiro atoms. The molecule has 19 heavy (non-hydrogen) atoms. The smallest absolute Gasteiger partial charge is 0.242 e. The van der Waals surface area contributed by atoms with Crippen molar-refractivity contribution in [3.63, 3.8) is 0 Å². The molecule has 0 saturated heterocycles. The summed E-state index contributed by atoms with van der Waals surface area (Å²) in [5.74, 6) is 0.116. The van der Waals surface area contributed by atoms with Crippen LogP contribution in [0.5, 0.6) is 0 Å². The van der Waals surface area contributed by atoms with Crippen LogP contribution in [0.15, 0.2) is 29.2 Å². The number of nitrogens with one attached hydrogen (secondary N) is 2. The predicted molar refractivity (Wildman–Crippen MR) is 76.6 cm³/mol. The molecule has 1 aromatic carbocycles. The normalized spacial score (nSPS) is 13.5.